The quantitative estimate of drug-likeness (QED) is 0.558. The van der Waals surface area contributed by atoms with Gasteiger partial charge in [0.1, 0.15) is 12.3 Å². The van der Waals surface area contributed by atoms with E-state index in [1.54, 1.807) is 48.5 Å². The molecule has 0 bridgehead atoms. The molecule has 0 aliphatic carbocycles. The van der Waals surface area contributed by atoms with E-state index in [0.29, 0.717) is 22.2 Å². The molecule has 166 valence electrons. The third kappa shape index (κ3) is 4.44. The number of carbonyl (C=O) groups is 1. The number of ether oxygens (including phenoxy) is 3. The van der Waals surface area contributed by atoms with E-state index in [0.717, 1.165) is 4.31 Å². The van der Waals surface area contributed by atoms with Gasteiger partial charge in [0.25, 0.3) is 10.0 Å². The first-order chi connectivity index (χ1) is 15.4. The first-order valence-corrected chi connectivity index (χ1v) is 11.3. The van der Waals surface area contributed by atoms with Gasteiger partial charge in [0.2, 0.25) is 12.7 Å². The van der Waals surface area contributed by atoms with Crippen LogP contribution in [0, 0.1) is 0 Å². The highest BCUT2D eigenvalue weighted by atomic mass is 35.5. The predicted molar refractivity (Wildman–Crippen MR) is 120 cm³/mol. The summed E-state index contributed by atoms with van der Waals surface area (Å²) in [5.41, 5.74) is 0.582. The van der Waals surface area contributed by atoms with Gasteiger partial charge in [-0.05, 0) is 42.5 Å². The Morgan fingerprint density at radius 1 is 1.06 bits per heavy atom. The summed E-state index contributed by atoms with van der Waals surface area (Å²) in [6.45, 7) is -0.410. The number of hydrogen-bond donors (Lipinski definition) is 1. The van der Waals surface area contributed by atoms with Gasteiger partial charge >= 0.3 is 0 Å². The van der Waals surface area contributed by atoms with E-state index in [9.17, 15) is 13.2 Å². The van der Waals surface area contributed by atoms with Crippen LogP contribution in [0.1, 0.15) is 0 Å². The number of anilines is 2. The van der Waals surface area contributed by atoms with Crippen molar-refractivity contribution in [3.8, 4) is 17.2 Å². The minimum absolute atomic E-state index is 0.0258. The zero-order valence-corrected chi connectivity index (χ0v) is 18.5. The number of hydrogen-bond acceptors (Lipinski definition) is 6. The third-order valence-electron chi connectivity index (χ3n) is 4.68. The van der Waals surface area contributed by atoms with Gasteiger partial charge in [0, 0.05) is 16.8 Å². The molecule has 1 aliphatic heterocycles. The number of rotatable bonds is 7. The second-order valence-corrected chi connectivity index (χ2v) is 9.06. The van der Waals surface area contributed by atoms with Crippen LogP contribution >= 0.6 is 11.6 Å². The molecule has 1 amide bonds. The fourth-order valence-corrected chi connectivity index (χ4v) is 4.79. The molecular formula is C22H19ClN2O6S. The molecule has 0 saturated carbocycles. The summed E-state index contributed by atoms with van der Waals surface area (Å²) in [6, 6.07) is 17.3. The largest absolute Gasteiger partial charge is 0.495 e. The second-order valence-electron chi connectivity index (χ2n) is 6.76. The first-order valence-electron chi connectivity index (χ1n) is 9.49. The Labute approximate surface area is 190 Å². The van der Waals surface area contributed by atoms with Crippen LogP contribution in [-0.4, -0.2) is 34.8 Å². The average Bonchev–Trinajstić information content (AvgIpc) is 3.26. The van der Waals surface area contributed by atoms with Crippen molar-refractivity contribution in [2.45, 2.75) is 4.90 Å². The number of amides is 1. The SMILES string of the molecule is COc1ccc(Cl)cc1N(CC(=O)Nc1ccc2c(c1)OCO2)S(=O)(=O)c1ccccc1. The van der Waals surface area contributed by atoms with Crippen molar-refractivity contribution in [1.82, 2.24) is 0 Å². The van der Waals surface area contributed by atoms with Crippen molar-refractivity contribution >= 4 is 38.9 Å². The minimum atomic E-state index is -4.11. The summed E-state index contributed by atoms with van der Waals surface area (Å²) in [5.74, 6) is 0.753. The van der Waals surface area contributed by atoms with Crippen LogP contribution in [-0.2, 0) is 14.8 Å². The Bertz CT molecular complexity index is 1250. The Balaban J connectivity index is 1.68. The number of carbonyl (C=O) groups excluding carboxylic acids is 1. The normalized spacial score (nSPS) is 12.3. The lowest BCUT2D eigenvalue weighted by Crippen LogP contribution is -2.38. The molecule has 3 aromatic rings. The number of benzene rings is 3. The maximum Gasteiger partial charge on any atom is 0.264 e. The van der Waals surface area contributed by atoms with Gasteiger partial charge in [-0.25, -0.2) is 8.42 Å². The van der Waals surface area contributed by atoms with Crippen LogP contribution in [0.4, 0.5) is 11.4 Å². The fraction of sp³-hybridized carbons (Fsp3) is 0.136. The molecule has 4 rings (SSSR count). The lowest BCUT2D eigenvalue weighted by molar-refractivity contribution is -0.114. The van der Waals surface area contributed by atoms with Crippen LogP contribution in [0.2, 0.25) is 5.02 Å². The highest BCUT2D eigenvalue weighted by Crippen LogP contribution is 2.36. The fourth-order valence-electron chi connectivity index (χ4n) is 3.18. The summed E-state index contributed by atoms with van der Waals surface area (Å²) < 4.78 is 43.8. The van der Waals surface area contributed by atoms with Crippen molar-refractivity contribution < 1.29 is 27.4 Å². The van der Waals surface area contributed by atoms with E-state index in [2.05, 4.69) is 5.32 Å². The summed E-state index contributed by atoms with van der Waals surface area (Å²) in [6.07, 6.45) is 0. The Morgan fingerprint density at radius 3 is 2.56 bits per heavy atom. The molecule has 10 heteroatoms. The molecule has 0 aromatic heterocycles. The van der Waals surface area contributed by atoms with E-state index in [1.165, 1.54) is 25.3 Å². The maximum absolute atomic E-state index is 13.5. The highest BCUT2D eigenvalue weighted by Gasteiger charge is 2.30. The van der Waals surface area contributed by atoms with E-state index >= 15 is 0 Å². The third-order valence-corrected chi connectivity index (χ3v) is 6.69. The predicted octanol–water partition coefficient (Wildman–Crippen LogP) is 3.91. The zero-order chi connectivity index (χ0) is 22.7. The molecule has 0 unspecified atom stereocenters. The van der Waals surface area contributed by atoms with Gasteiger partial charge in [0.05, 0.1) is 17.7 Å². The van der Waals surface area contributed by atoms with Crippen LogP contribution in [0.5, 0.6) is 17.2 Å². The van der Waals surface area contributed by atoms with Gasteiger partial charge in [0.15, 0.2) is 11.5 Å². The molecule has 0 spiro atoms. The van der Waals surface area contributed by atoms with E-state index in [4.69, 9.17) is 25.8 Å². The summed E-state index contributed by atoms with van der Waals surface area (Å²) in [7, 11) is -2.70. The smallest absolute Gasteiger partial charge is 0.264 e. The molecule has 0 fully saturated rings. The van der Waals surface area contributed by atoms with Gasteiger partial charge in [-0.1, -0.05) is 29.8 Å². The maximum atomic E-state index is 13.5. The van der Waals surface area contributed by atoms with E-state index in [-0.39, 0.29) is 23.1 Å². The minimum Gasteiger partial charge on any atom is -0.495 e. The number of halogens is 1. The Morgan fingerprint density at radius 2 is 1.81 bits per heavy atom. The van der Waals surface area contributed by atoms with Crippen LogP contribution in [0.3, 0.4) is 0 Å². The highest BCUT2D eigenvalue weighted by molar-refractivity contribution is 7.92. The van der Waals surface area contributed by atoms with Gasteiger partial charge in [-0.2, -0.15) is 0 Å². The summed E-state index contributed by atoms with van der Waals surface area (Å²) >= 11 is 6.13. The Kier molecular flexibility index (Phi) is 6.11. The van der Waals surface area contributed by atoms with Gasteiger partial charge in [-0.3, -0.25) is 9.10 Å². The average molecular weight is 475 g/mol. The zero-order valence-electron chi connectivity index (χ0n) is 16.9. The van der Waals surface area contributed by atoms with Crippen molar-refractivity contribution in [2.75, 3.05) is 30.1 Å². The topological polar surface area (TPSA) is 94.2 Å². The Hall–Kier alpha value is -3.43. The van der Waals surface area contributed by atoms with E-state index in [1.807, 2.05) is 0 Å². The van der Waals surface area contributed by atoms with Crippen LogP contribution < -0.4 is 23.8 Å². The van der Waals surface area contributed by atoms with Crippen molar-refractivity contribution in [3.63, 3.8) is 0 Å². The molecule has 0 saturated heterocycles. The molecule has 0 radical (unpaired) electrons. The number of methoxy groups -OCH3 is 1. The van der Waals surface area contributed by atoms with Gasteiger partial charge in [-0.15, -0.1) is 0 Å². The summed E-state index contributed by atoms with van der Waals surface area (Å²) in [4.78, 5) is 12.9. The van der Waals surface area contributed by atoms with Gasteiger partial charge < -0.3 is 19.5 Å². The number of nitrogens with one attached hydrogen (secondary N) is 1. The lowest BCUT2D eigenvalue weighted by atomic mass is 10.2. The number of sulfonamides is 1. The molecule has 0 atom stereocenters. The summed E-state index contributed by atoms with van der Waals surface area (Å²) in [5, 5.41) is 2.99. The van der Waals surface area contributed by atoms with E-state index < -0.39 is 22.5 Å². The standard InChI is InChI=1S/C22H19ClN2O6S/c1-29-19-9-7-15(23)11-18(19)25(32(27,28)17-5-3-2-4-6-17)13-22(26)24-16-8-10-20-21(12-16)31-14-30-20/h2-12H,13-14H2,1H3,(H,24,26). The van der Waals surface area contributed by atoms with Crippen molar-refractivity contribution in [3.05, 3.63) is 71.8 Å². The van der Waals surface area contributed by atoms with Crippen LogP contribution in [0.25, 0.3) is 0 Å². The lowest BCUT2D eigenvalue weighted by Gasteiger charge is -2.26. The molecule has 3 aromatic carbocycles. The van der Waals surface area contributed by atoms with Crippen LogP contribution in [0.15, 0.2) is 71.6 Å². The molecule has 32 heavy (non-hydrogen) atoms. The van der Waals surface area contributed by atoms with Crippen molar-refractivity contribution in [2.24, 2.45) is 0 Å². The molecule has 1 N–H and O–H groups in total. The molecular weight excluding hydrogens is 456 g/mol. The monoisotopic (exact) mass is 474 g/mol. The molecule has 1 heterocycles. The molecule has 8 nitrogen and oxygen atoms in total. The second kappa shape index (κ2) is 8.97. The number of fused-ring (bicyclic) bond motifs is 1. The molecule has 1 aliphatic rings. The first kappa shape index (κ1) is 21.8. The van der Waals surface area contributed by atoms with Crippen molar-refractivity contribution in [1.29, 1.82) is 0 Å². The number of nitrogens with zero attached hydrogens (tertiary/aromatic N) is 1.